The average molecular weight is 339 g/mol. The molecule has 126 valence electrons. The van der Waals surface area contributed by atoms with Crippen LogP contribution in [0.2, 0.25) is 0 Å². The van der Waals surface area contributed by atoms with Gasteiger partial charge < -0.3 is 4.90 Å². The quantitative estimate of drug-likeness (QED) is 0.671. The minimum absolute atomic E-state index is 0.213. The summed E-state index contributed by atoms with van der Waals surface area (Å²) < 4.78 is 23.3. The van der Waals surface area contributed by atoms with Crippen molar-refractivity contribution in [2.75, 3.05) is 18.0 Å². The van der Waals surface area contributed by atoms with Gasteiger partial charge in [-0.1, -0.05) is 19.4 Å². The molecule has 8 heteroatoms. The molecular weight excluding hydrogens is 318 g/mol. The van der Waals surface area contributed by atoms with E-state index in [9.17, 15) is 18.5 Å². The first kappa shape index (κ1) is 16.2. The van der Waals surface area contributed by atoms with E-state index in [1.807, 2.05) is 4.90 Å². The predicted octanol–water partition coefficient (Wildman–Crippen LogP) is 2.26. The molecule has 1 heterocycles. The second-order valence-corrected chi connectivity index (χ2v) is 8.48. The fourth-order valence-electron chi connectivity index (χ4n) is 4.19. The molecule has 1 aromatic carbocycles. The molecule has 2 fully saturated rings. The van der Waals surface area contributed by atoms with Crippen LogP contribution in [0.3, 0.4) is 0 Å². The molecule has 0 bridgehead atoms. The van der Waals surface area contributed by atoms with Gasteiger partial charge in [0.05, 0.1) is 4.92 Å². The number of anilines is 1. The maximum Gasteiger partial charge on any atom is 0.312 e. The lowest BCUT2D eigenvalue weighted by Gasteiger charge is -2.25. The lowest BCUT2D eigenvalue weighted by atomic mass is 9.85. The number of hydrogen-bond acceptors (Lipinski definition) is 5. The highest BCUT2D eigenvalue weighted by atomic mass is 32.2. The van der Waals surface area contributed by atoms with Gasteiger partial charge in [-0.15, -0.1) is 0 Å². The van der Waals surface area contributed by atoms with Gasteiger partial charge in [-0.05, 0) is 42.7 Å². The zero-order valence-electron chi connectivity index (χ0n) is 13.1. The molecule has 1 aliphatic carbocycles. The van der Waals surface area contributed by atoms with Gasteiger partial charge in [0, 0.05) is 13.1 Å². The van der Waals surface area contributed by atoms with Crippen molar-refractivity contribution in [3.8, 4) is 0 Å². The van der Waals surface area contributed by atoms with E-state index in [0.29, 0.717) is 18.2 Å². The fourth-order valence-corrected chi connectivity index (χ4v) is 4.90. The second-order valence-electron chi connectivity index (χ2n) is 6.95. The molecule has 0 radical (unpaired) electrons. The number of nitrogens with two attached hydrogens (primary N) is 1. The molecule has 1 spiro atoms. The first-order chi connectivity index (χ1) is 10.7. The Kier molecular flexibility index (Phi) is 3.84. The van der Waals surface area contributed by atoms with Crippen molar-refractivity contribution in [1.29, 1.82) is 0 Å². The number of benzene rings is 1. The number of hydrogen-bond donors (Lipinski definition) is 1. The number of nitro groups is 1. The summed E-state index contributed by atoms with van der Waals surface area (Å²) in [6.45, 7) is 3.69. The highest BCUT2D eigenvalue weighted by Gasteiger charge is 2.44. The van der Waals surface area contributed by atoms with Gasteiger partial charge in [0.2, 0.25) is 10.0 Å². The fraction of sp³-hybridized carbons (Fsp3) is 0.600. The summed E-state index contributed by atoms with van der Waals surface area (Å²) in [4.78, 5) is 12.4. The lowest BCUT2D eigenvalue weighted by molar-refractivity contribution is -0.387. The highest BCUT2D eigenvalue weighted by molar-refractivity contribution is 7.89. The Balaban J connectivity index is 2.00. The van der Waals surface area contributed by atoms with E-state index in [2.05, 4.69) is 6.92 Å². The number of sulfonamides is 1. The first-order valence-electron chi connectivity index (χ1n) is 7.77. The third-order valence-electron chi connectivity index (χ3n) is 5.19. The molecule has 2 aliphatic rings. The number of para-hydroxylation sites is 1. The minimum Gasteiger partial charge on any atom is -0.365 e. The van der Waals surface area contributed by atoms with Gasteiger partial charge in [0.25, 0.3) is 0 Å². The van der Waals surface area contributed by atoms with Gasteiger partial charge in [-0.2, -0.15) is 0 Å². The summed E-state index contributed by atoms with van der Waals surface area (Å²) in [7, 11) is -4.14. The third-order valence-corrected chi connectivity index (χ3v) is 6.14. The van der Waals surface area contributed by atoms with Crippen LogP contribution in [0.1, 0.15) is 32.6 Å². The SMILES string of the molecule is C[C@@H]1CC[C@]2(CCN(c3cccc(S(N)(=O)=O)c3[N+](=O)[O-])C2)C1. The zero-order chi connectivity index (χ0) is 16.8. The summed E-state index contributed by atoms with van der Waals surface area (Å²) in [5.41, 5.74) is 0.168. The molecule has 1 aliphatic heterocycles. The molecule has 23 heavy (non-hydrogen) atoms. The Labute approximate surface area is 135 Å². The Morgan fingerprint density at radius 3 is 2.70 bits per heavy atom. The Bertz CT molecular complexity index is 749. The van der Waals surface area contributed by atoms with Gasteiger partial charge >= 0.3 is 5.69 Å². The van der Waals surface area contributed by atoms with E-state index in [1.165, 1.54) is 18.6 Å². The largest absolute Gasteiger partial charge is 0.365 e. The molecule has 0 unspecified atom stereocenters. The molecule has 3 rings (SSSR count). The average Bonchev–Trinajstić information content (AvgIpc) is 3.04. The monoisotopic (exact) mass is 339 g/mol. The van der Waals surface area contributed by atoms with Crippen molar-refractivity contribution in [2.24, 2.45) is 16.5 Å². The number of nitro benzene ring substituents is 1. The maximum atomic E-state index is 11.7. The van der Waals surface area contributed by atoms with E-state index in [0.717, 1.165) is 25.8 Å². The van der Waals surface area contributed by atoms with Gasteiger partial charge in [-0.3, -0.25) is 10.1 Å². The van der Waals surface area contributed by atoms with Crippen molar-refractivity contribution in [3.05, 3.63) is 28.3 Å². The normalized spacial score (nSPS) is 27.7. The van der Waals surface area contributed by atoms with E-state index in [-0.39, 0.29) is 5.41 Å². The maximum absolute atomic E-state index is 11.7. The number of rotatable bonds is 3. The van der Waals surface area contributed by atoms with Crippen LogP contribution in [0.15, 0.2) is 23.1 Å². The molecule has 0 amide bonds. The van der Waals surface area contributed by atoms with Crippen molar-refractivity contribution >= 4 is 21.4 Å². The smallest absolute Gasteiger partial charge is 0.312 e. The number of nitrogens with zero attached hydrogens (tertiary/aromatic N) is 2. The molecule has 0 aromatic heterocycles. The van der Waals surface area contributed by atoms with Crippen molar-refractivity contribution in [2.45, 2.75) is 37.5 Å². The van der Waals surface area contributed by atoms with Gasteiger partial charge in [0.15, 0.2) is 4.90 Å². The van der Waals surface area contributed by atoms with E-state index in [1.54, 1.807) is 6.07 Å². The molecule has 2 N–H and O–H groups in total. The van der Waals surface area contributed by atoms with E-state index >= 15 is 0 Å². The van der Waals surface area contributed by atoms with E-state index < -0.39 is 25.5 Å². The summed E-state index contributed by atoms with van der Waals surface area (Å²) in [6.07, 6.45) is 4.45. The van der Waals surface area contributed by atoms with Crippen LogP contribution in [0.5, 0.6) is 0 Å². The van der Waals surface area contributed by atoms with Crippen LogP contribution in [0.25, 0.3) is 0 Å². The number of primary sulfonamides is 1. The molecule has 1 saturated heterocycles. The van der Waals surface area contributed by atoms with Crippen LogP contribution in [-0.2, 0) is 10.0 Å². The Morgan fingerprint density at radius 2 is 2.13 bits per heavy atom. The third kappa shape index (κ3) is 2.92. The predicted molar refractivity (Wildman–Crippen MR) is 86.7 cm³/mol. The topological polar surface area (TPSA) is 107 Å². The first-order valence-corrected chi connectivity index (χ1v) is 9.32. The Morgan fingerprint density at radius 1 is 1.39 bits per heavy atom. The van der Waals surface area contributed by atoms with Crippen LogP contribution in [0, 0.1) is 21.4 Å². The summed E-state index contributed by atoms with van der Waals surface area (Å²) in [5, 5.41) is 16.6. The van der Waals surface area contributed by atoms with Crippen molar-refractivity contribution in [3.63, 3.8) is 0 Å². The van der Waals surface area contributed by atoms with Gasteiger partial charge in [-0.25, -0.2) is 13.6 Å². The minimum atomic E-state index is -4.14. The van der Waals surface area contributed by atoms with E-state index in [4.69, 9.17) is 5.14 Å². The highest BCUT2D eigenvalue weighted by Crippen LogP contribution is 2.50. The molecule has 2 atom stereocenters. The van der Waals surface area contributed by atoms with Crippen LogP contribution in [-0.4, -0.2) is 26.4 Å². The standard InChI is InChI=1S/C15H21N3O4S/c1-11-5-6-15(9-11)7-8-17(10-15)12-3-2-4-13(23(16,21)22)14(12)18(19)20/h2-4,11H,5-10H2,1H3,(H2,16,21,22)/t11-,15+/m1/s1. The molecule has 1 aromatic rings. The van der Waals surface area contributed by atoms with Crippen LogP contribution in [0.4, 0.5) is 11.4 Å². The van der Waals surface area contributed by atoms with Crippen LogP contribution >= 0.6 is 0 Å². The van der Waals surface area contributed by atoms with Gasteiger partial charge in [0.1, 0.15) is 5.69 Å². The summed E-state index contributed by atoms with van der Waals surface area (Å²) in [6, 6.07) is 4.33. The lowest BCUT2D eigenvalue weighted by Crippen LogP contribution is -2.26. The summed E-state index contributed by atoms with van der Waals surface area (Å²) in [5.74, 6) is 0.681. The molecule has 7 nitrogen and oxygen atoms in total. The summed E-state index contributed by atoms with van der Waals surface area (Å²) >= 11 is 0. The van der Waals surface area contributed by atoms with Crippen molar-refractivity contribution in [1.82, 2.24) is 0 Å². The molecule has 1 saturated carbocycles. The van der Waals surface area contributed by atoms with Crippen LogP contribution < -0.4 is 10.0 Å². The molecular formula is C15H21N3O4S. The second kappa shape index (κ2) is 5.45. The zero-order valence-corrected chi connectivity index (χ0v) is 13.9. The van der Waals surface area contributed by atoms with Crippen molar-refractivity contribution < 1.29 is 13.3 Å². The Hall–Kier alpha value is -1.67.